The van der Waals surface area contributed by atoms with E-state index in [4.69, 9.17) is 5.73 Å². The van der Waals surface area contributed by atoms with E-state index in [2.05, 4.69) is 49.7 Å². The summed E-state index contributed by atoms with van der Waals surface area (Å²) in [4.78, 5) is 14.6. The van der Waals surface area contributed by atoms with Crippen LogP contribution in [-0.2, 0) is 4.79 Å². The summed E-state index contributed by atoms with van der Waals surface area (Å²) in [6.45, 7) is 9.06. The van der Waals surface area contributed by atoms with Gasteiger partial charge in [-0.05, 0) is 37.3 Å². The van der Waals surface area contributed by atoms with Crippen molar-refractivity contribution in [3.63, 3.8) is 0 Å². The number of carbonyl (C=O) groups excluding carboxylic acids is 1. The van der Waals surface area contributed by atoms with Crippen LogP contribution >= 0.6 is 15.9 Å². The number of nitrogens with two attached hydrogens (primary N) is 1. The van der Waals surface area contributed by atoms with Crippen molar-refractivity contribution in [3.05, 3.63) is 34.3 Å². The number of hydrogen-bond acceptors (Lipinski definition) is 2. The van der Waals surface area contributed by atoms with Gasteiger partial charge in [0.05, 0.1) is 12.1 Å². The molecule has 0 saturated carbocycles. The van der Waals surface area contributed by atoms with Crippen LogP contribution in [0.15, 0.2) is 28.7 Å². The van der Waals surface area contributed by atoms with Crippen LogP contribution in [0.3, 0.4) is 0 Å². The van der Waals surface area contributed by atoms with Crippen LogP contribution in [0.1, 0.15) is 52.1 Å². The molecular weight excluding hydrogens is 328 g/mol. The topological polar surface area (TPSA) is 46.3 Å². The zero-order valence-electron chi connectivity index (χ0n) is 13.5. The van der Waals surface area contributed by atoms with Crippen LogP contribution in [0.25, 0.3) is 0 Å². The Bertz CT molecular complexity index is 462. The molecule has 0 fully saturated rings. The maximum absolute atomic E-state index is 12.7. The highest BCUT2D eigenvalue weighted by molar-refractivity contribution is 9.10. The molecule has 1 rings (SSSR count). The zero-order valence-corrected chi connectivity index (χ0v) is 15.1. The molecule has 2 N–H and O–H groups in total. The lowest BCUT2D eigenvalue weighted by Crippen LogP contribution is -2.45. The number of amides is 1. The van der Waals surface area contributed by atoms with Gasteiger partial charge in [-0.2, -0.15) is 0 Å². The van der Waals surface area contributed by atoms with E-state index >= 15 is 0 Å². The zero-order chi connectivity index (χ0) is 16.0. The molecule has 0 aromatic heterocycles. The molecule has 0 aliphatic heterocycles. The van der Waals surface area contributed by atoms with E-state index in [1.165, 1.54) is 0 Å². The second-order valence-electron chi connectivity index (χ2n) is 5.97. The van der Waals surface area contributed by atoms with E-state index in [1.54, 1.807) is 0 Å². The lowest BCUT2D eigenvalue weighted by Gasteiger charge is -2.32. The van der Waals surface area contributed by atoms with Crippen molar-refractivity contribution >= 4 is 21.8 Å². The molecule has 4 heteroatoms. The van der Waals surface area contributed by atoms with Crippen molar-refractivity contribution in [1.82, 2.24) is 4.90 Å². The Morgan fingerprint density at radius 3 is 2.43 bits per heavy atom. The molecular formula is C17H27BrN2O. The monoisotopic (exact) mass is 354 g/mol. The fourth-order valence-corrected chi connectivity index (χ4v) is 3.16. The molecule has 0 spiro atoms. The van der Waals surface area contributed by atoms with E-state index in [9.17, 15) is 4.79 Å². The third-order valence-electron chi connectivity index (χ3n) is 3.61. The molecule has 0 saturated heterocycles. The Morgan fingerprint density at radius 2 is 1.90 bits per heavy atom. The minimum Gasteiger partial charge on any atom is -0.335 e. The number of hydrogen-bond donors (Lipinski definition) is 1. The van der Waals surface area contributed by atoms with Gasteiger partial charge in [0.15, 0.2) is 0 Å². The Hall–Kier alpha value is -0.870. The normalized spacial score (nSPS) is 14.0. The summed E-state index contributed by atoms with van der Waals surface area (Å²) in [5.74, 6) is 0.472. The van der Waals surface area contributed by atoms with Crippen molar-refractivity contribution in [2.24, 2.45) is 11.7 Å². The van der Waals surface area contributed by atoms with Crippen molar-refractivity contribution < 1.29 is 4.79 Å². The summed E-state index contributed by atoms with van der Waals surface area (Å²) in [6.07, 6.45) is 1.65. The van der Waals surface area contributed by atoms with Crippen molar-refractivity contribution in [1.29, 1.82) is 0 Å². The summed E-state index contributed by atoms with van der Waals surface area (Å²) in [6, 6.07) is 7.65. The van der Waals surface area contributed by atoms with E-state index in [1.807, 2.05) is 23.1 Å². The van der Waals surface area contributed by atoms with Crippen molar-refractivity contribution in [3.8, 4) is 0 Å². The molecule has 1 amide bonds. The van der Waals surface area contributed by atoms with E-state index in [0.29, 0.717) is 5.92 Å². The first-order chi connectivity index (χ1) is 9.88. The average Bonchev–Trinajstić information content (AvgIpc) is 2.43. The molecule has 2 atom stereocenters. The second kappa shape index (κ2) is 8.54. The van der Waals surface area contributed by atoms with Crippen LogP contribution in [0, 0.1) is 5.92 Å². The molecule has 0 aliphatic carbocycles. The first-order valence-electron chi connectivity index (χ1n) is 7.68. The molecule has 21 heavy (non-hydrogen) atoms. The quantitative estimate of drug-likeness (QED) is 0.800. The van der Waals surface area contributed by atoms with Gasteiger partial charge in [0, 0.05) is 11.0 Å². The van der Waals surface area contributed by atoms with Crippen LogP contribution in [0.5, 0.6) is 0 Å². The standard InChI is InChI=1S/C17H27BrN2O/c1-5-10-20(17(21)16(19)11-12(2)3)13(4)14-8-6-7-9-15(14)18/h6-9,12-13,16H,5,10-11,19H2,1-4H3/t13?,16-/m0/s1. The summed E-state index contributed by atoms with van der Waals surface area (Å²) < 4.78 is 1.03. The lowest BCUT2D eigenvalue weighted by molar-refractivity contribution is -0.135. The summed E-state index contributed by atoms with van der Waals surface area (Å²) in [7, 11) is 0. The molecule has 3 nitrogen and oxygen atoms in total. The van der Waals surface area contributed by atoms with Crippen LogP contribution in [-0.4, -0.2) is 23.4 Å². The first-order valence-corrected chi connectivity index (χ1v) is 8.48. The predicted molar refractivity (Wildman–Crippen MR) is 92.0 cm³/mol. The van der Waals surface area contributed by atoms with Crippen LogP contribution in [0.2, 0.25) is 0 Å². The van der Waals surface area contributed by atoms with E-state index in [0.717, 1.165) is 29.4 Å². The van der Waals surface area contributed by atoms with Crippen LogP contribution in [0.4, 0.5) is 0 Å². The fourth-order valence-electron chi connectivity index (χ4n) is 2.54. The van der Waals surface area contributed by atoms with E-state index in [-0.39, 0.29) is 11.9 Å². The van der Waals surface area contributed by atoms with Gasteiger partial charge >= 0.3 is 0 Å². The number of benzene rings is 1. The molecule has 0 radical (unpaired) electrons. The highest BCUT2D eigenvalue weighted by Crippen LogP contribution is 2.28. The number of halogens is 1. The maximum Gasteiger partial charge on any atom is 0.239 e. The van der Waals surface area contributed by atoms with Crippen molar-refractivity contribution in [2.75, 3.05) is 6.54 Å². The van der Waals surface area contributed by atoms with Crippen LogP contribution < -0.4 is 5.73 Å². The molecule has 0 bridgehead atoms. The lowest BCUT2D eigenvalue weighted by atomic mass is 10.0. The van der Waals surface area contributed by atoms with E-state index < -0.39 is 6.04 Å². The molecule has 118 valence electrons. The van der Waals surface area contributed by atoms with Gasteiger partial charge in [0.1, 0.15) is 0 Å². The largest absolute Gasteiger partial charge is 0.335 e. The summed E-state index contributed by atoms with van der Waals surface area (Å²) in [5.41, 5.74) is 7.22. The maximum atomic E-state index is 12.7. The molecule has 1 unspecified atom stereocenters. The highest BCUT2D eigenvalue weighted by atomic mass is 79.9. The van der Waals surface area contributed by atoms with Gasteiger partial charge < -0.3 is 10.6 Å². The number of nitrogens with zero attached hydrogens (tertiary/aromatic N) is 1. The minimum absolute atomic E-state index is 0.0197. The third kappa shape index (κ3) is 5.11. The third-order valence-corrected chi connectivity index (χ3v) is 4.34. The van der Waals surface area contributed by atoms with Gasteiger partial charge in [-0.25, -0.2) is 0 Å². The van der Waals surface area contributed by atoms with Gasteiger partial charge in [0.25, 0.3) is 0 Å². The Labute approximate surface area is 137 Å². The second-order valence-corrected chi connectivity index (χ2v) is 6.82. The smallest absolute Gasteiger partial charge is 0.239 e. The van der Waals surface area contributed by atoms with Gasteiger partial charge in [0.2, 0.25) is 5.91 Å². The van der Waals surface area contributed by atoms with Gasteiger partial charge in [-0.3, -0.25) is 4.79 Å². The fraction of sp³-hybridized carbons (Fsp3) is 0.588. The molecule has 0 aliphatic rings. The van der Waals surface area contributed by atoms with Gasteiger partial charge in [-0.15, -0.1) is 0 Å². The number of carbonyl (C=O) groups is 1. The summed E-state index contributed by atoms with van der Waals surface area (Å²) >= 11 is 3.57. The Kier molecular flexibility index (Phi) is 7.40. The SMILES string of the molecule is CCCN(C(=O)[C@@H](N)CC(C)C)C(C)c1ccccc1Br. The van der Waals surface area contributed by atoms with Gasteiger partial charge in [-0.1, -0.05) is 54.9 Å². The number of rotatable bonds is 7. The Morgan fingerprint density at radius 1 is 1.29 bits per heavy atom. The Balaban J connectivity index is 2.95. The van der Waals surface area contributed by atoms with Crippen molar-refractivity contribution in [2.45, 2.75) is 52.6 Å². The molecule has 1 aromatic rings. The molecule has 1 aromatic carbocycles. The predicted octanol–water partition coefficient (Wildman–Crippen LogP) is 4.12. The molecule has 0 heterocycles. The highest BCUT2D eigenvalue weighted by Gasteiger charge is 2.26. The summed E-state index contributed by atoms with van der Waals surface area (Å²) in [5, 5.41) is 0. The average molecular weight is 355 g/mol. The first kappa shape index (κ1) is 18.2. The minimum atomic E-state index is -0.415.